The van der Waals surface area contributed by atoms with Crippen molar-refractivity contribution in [3.63, 3.8) is 0 Å². The molecule has 0 saturated carbocycles. The van der Waals surface area contributed by atoms with Gasteiger partial charge in [-0.05, 0) is 66.3 Å². The number of amides is 2. The van der Waals surface area contributed by atoms with E-state index in [1.807, 2.05) is 24.3 Å². The first kappa shape index (κ1) is 36.9. The van der Waals surface area contributed by atoms with Crippen molar-refractivity contribution in [2.45, 2.75) is 70.2 Å². The fourth-order valence-electron chi connectivity index (χ4n) is 6.03. The van der Waals surface area contributed by atoms with Gasteiger partial charge in [-0.1, -0.05) is 35.4 Å². The number of phenolic OH excluding ortho intramolecular Hbond substituents is 1. The second-order valence-corrected chi connectivity index (χ2v) is 12.6. The number of nitrogens with one attached hydrogen (secondary N) is 2. The summed E-state index contributed by atoms with van der Waals surface area (Å²) in [5, 5.41) is 27.1. The molecule has 3 aromatic carbocycles. The molecule has 3 N–H and O–H groups in total. The van der Waals surface area contributed by atoms with Crippen LogP contribution in [0.25, 0.3) is 10.4 Å². The van der Waals surface area contributed by atoms with E-state index in [1.165, 1.54) is 4.90 Å². The average molecular weight is 703 g/mol. The van der Waals surface area contributed by atoms with E-state index in [2.05, 4.69) is 30.9 Å². The lowest BCUT2D eigenvalue weighted by molar-refractivity contribution is -0.126. The molecule has 0 fully saturated rings. The van der Waals surface area contributed by atoms with Crippen LogP contribution in [-0.4, -0.2) is 65.6 Å². The summed E-state index contributed by atoms with van der Waals surface area (Å²) in [7, 11) is 0. The van der Waals surface area contributed by atoms with Gasteiger partial charge in [-0.3, -0.25) is 14.4 Å². The van der Waals surface area contributed by atoms with Gasteiger partial charge in [0.25, 0.3) is 5.91 Å². The van der Waals surface area contributed by atoms with Crippen LogP contribution in [0.15, 0.2) is 69.9 Å². The van der Waals surface area contributed by atoms with Gasteiger partial charge in [0.05, 0.1) is 13.2 Å². The van der Waals surface area contributed by atoms with Gasteiger partial charge in [0, 0.05) is 73.6 Å². The topological polar surface area (TPSA) is 181 Å². The number of azide groups is 1. The number of Topliss-reactive ketones (excluding diaryl/α,β-unsaturated/α-hetero) is 1. The zero-order valence-corrected chi connectivity index (χ0v) is 28.3. The molecule has 0 bridgehead atoms. The van der Waals surface area contributed by atoms with Gasteiger partial charge < -0.3 is 25.4 Å². The molecule has 0 aromatic heterocycles. The molecule has 0 saturated heterocycles. The summed E-state index contributed by atoms with van der Waals surface area (Å²) in [4.78, 5) is 44.0. The number of ether oxygens (including phenoxy) is 1. The summed E-state index contributed by atoms with van der Waals surface area (Å²) < 4.78 is 34.3. The largest absolute Gasteiger partial charge is 0.505 e. The Labute approximate surface area is 293 Å². The van der Waals surface area contributed by atoms with Crippen LogP contribution in [-0.2, 0) is 33.8 Å². The number of ketones is 1. The van der Waals surface area contributed by atoms with Gasteiger partial charge in [-0.2, -0.15) is 10.2 Å². The molecule has 5 rings (SSSR count). The average Bonchev–Trinajstić information content (AvgIpc) is 3.90. The van der Waals surface area contributed by atoms with E-state index in [9.17, 15) is 28.3 Å². The maximum absolute atomic E-state index is 14.4. The number of carbonyl (C=O) groups is 3. The Morgan fingerprint density at radius 2 is 1.86 bits per heavy atom. The van der Waals surface area contributed by atoms with Crippen LogP contribution in [0.5, 0.6) is 5.75 Å². The lowest BCUT2D eigenvalue weighted by atomic mass is 9.92. The molecule has 0 unspecified atom stereocenters. The third kappa shape index (κ3) is 9.65. The first-order chi connectivity index (χ1) is 24.6. The van der Waals surface area contributed by atoms with Crippen molar-refractivity contribution in [2.75, 3.05) is 31.6 Å². The fourth-order valence-corrected chi connectivity index (χ4v) is 6.03. The molecule has 0 spiro atoms. The lowest BCUT2D eigenvalue weighted by Gasteiger charge is -2.36. The number of halogens is 2. The van der Waals surface area contributed by atoms with Crippen LogP contribution in [0, 0.1) is 18.6 Å². The van der Waals surface area contributed by atoms with Gasteiger partial charge in [-0.25, -0.2) is 8.78 Å². The Balaban J connectivity index is 1.13. The summed E-state index contributed by atoms with van der Waals surface area (Å²) >= 11 is 0. The van der Waals surface area contributed by atoms with Crippen molar-refractivity contribution in [1.82, 2.24) is 10.2 Å². The highest BCUT2D eigenvalue weighted by Crippen LogP contribution is 2.37. The number of anilines is 1. The Morgan fingerprint density at radius 1 is 1.08 bits per heavy atom. The number of rotatable bonds is 18. The van der Waals surface area contributed by atoms with E-state index in [0.29, 0.717) is 44.3 Å². The number of nitrogens with zero attached hydrogens (tertiary/aromatic N) is 6. The Kier molecular flexibility index (Phi) is 12.3. The van der Waals surface area contributed by atoms with E-state index in [0.717, 1.165) is 28.8 Å². The smallest absolute Gasteiger partial charge is 0.254 e. The maximum atomic E-state index is 14.4. The predicted octanol–water partition coefficient (Wildman–Crippen LogP) is 6.28. The number of hydrogen-bond acceptors (Lipinski definition) is 9. The monoisotopic (exact) mass is 702 g/mol. The fraction of sp³-hybridized carbons (Fsp3) is 0.417. The summed E-state index contributed by atoms with van der Waals surface area (Å²) in [5.41, 5.74) is 10.9. The first-order valence-corrected chi connectivity index (χ1v) is 16.8. The molecular formula is C36H40F2N8O5. The van der Waals surface area contributed by atoms with E-state index in [1.54, 1.807) is 25.1 Å². The normalized spacial score (nSPS) is 15.4. The first-order valence-electron chi connectivity index (χ1n) is 16.8. The highest BCUT2D eigenvalue weighted by Gasteiger charge is 2.38. The number of fused-ring (bicyclic) bond motifs is 1. The van der Waals surface area contributed by atoms with Crippen LogP contribution in [0.4, 0.5) is 14.5 Å². The Bertz CT molecular complexity index is 1840. The molecule has 0 aliphatic carbocycles. The number of aryl methyl sites for hydroxylation is 1. The van der Waals surface area contributed by atoms with E-state index >= 15 is 0 Å². The van der Waals surface area contributed by atoms with Gasteiger partial charge in [0.2, 0.25) is 5.91 Å². The SMILES string of the molecule is Cc1ccc(C(=O)N2Cc3ccccc3C[C@H]2C(=O)NCCOCCC(=O)CCCC2(CCN=[N+]=[N-])N=N2)cc1NCc1c(F)ccc(O)c1F. The summed E-state index contributed by atoms with van der Waals surface area (Å²) in [6.45, 7) is 2.62. The third-order valence-corrected chi connectivity index (χ3v) is 9.08. The minimum absolute atomic E-state index is 0.0491. The van der Waals surface area contributed by atoms with Gasteiger partial charge in [-0.15, -0.1) is 0 Å². The highest BCUT2D eigenvalue weighted by atomic mass is 19.1. The number of carbonyl (C=O) groups excluding carboxylic acids is 3. The van der Waals surface area contributed by atoms with Crippen LogP contribution < -0.4 is 10.6 Å². The quantitative estimate of drug-likeness (QED) is 0.0607. The van der Waals surface area contributed by atoms with Crippen molar-refractivity contribution in [3.05, 3.63) is 104 Å². The molecular weight excluding hydrogens is 662 g/mol. The third-order valence-electron chi connectivity index (χ3n) is 9.08. The van der Waals surface area contributed by atoms with Crippen molar-refractivity contribution in [2.24, 2.45) is 15.3 Å². The van der Waals surface area contributed by atoms with Crippen LogP contribution in [0.3, 0.4) is 0 Å². The standard InChI is InChI=1S/C36H40F2N8O5/c1-23-8-9-25(19-30(23)41-21-28-29(37)10-11-32(48)33(28)38)35(50)46-22-26-6-3-2-5-24(26)20-31(46)34(49)40-16-18-51-17-12-27(47)7-4-13-36(43-44-36)14-15-42-45-39/h2-3,5-6,8-11,19,31,41,48H,4,7,12-18,20-22H2,1H3,(H,40,49)/t31-/m0/s1. The van der Waals surface area contributed by atoms with E-state index in [4.69, 9.17) is 10.3 Å². The lowest BCUT2D eigenvalue weighted by Crippen LogP contribution is -2.53. The molecule has 268 valence electrons. The second-order valence-electron chi connectivity index (χ2n) is 12.6. The van der Waals surface area contributed by atoms with Crippen molar-refractivity contribution in [3.8, 4) is 5.75 Å². The number of benzene rings is 3. The zero-order valence-electron chi connectivity index (χ0n) is 28.3. The Hall–Kier alpha value is -5.40. The van der Waals surface area contributed by atoms with Crippen molar-refractivity contribution in [1.29, 1.82) is 0 Å². The van der Waals surface area contributed by atoms with E-state index < -0.39 is 29.1 Å². The molecule has 2 amide bonds. The molecule has 2 aliphatic heterocycles. The summed E-state index contributed by atoms with van der Waals surface area (Å²) in [5.74, 6) is -3.22. The molecule has 3 aromatic rings. The zero-order chi connectivity index (χ0) is 36.4. The molecule has 51 heavy (non-hydrogen) atoms. The van der Waals surface area contributed by atoms with Gasteiger partial charge in [0.15, 0.2) is 17.2 Å². The molecule has 0 radical (unpaired) electrons. The molecule has 13 nitrogen and oxygen atoms in total. The second kappa shape index (κ2) is 17.0. The minimum atomic E-state index is -1.06. The number of aromatic hydroxyl groups is 1. The van der Waals surface area contributed by atoms with E-state index in [-0.39, 0.29) is 68.0 Å². The van der Waals surface area contributed by atoms with Crippen molar-refractivity contribution >= 4 is 23.3 Å². The highest BCUT2D eigenvalue weighted by molar-refractivity contribution is 5.99. The van der Waals surface area contributed by atoms with Crippen molar-refractivity contribution < 1.29 is 33.0 Å². The van der Waals surface area contributed by atoms with Crippen LogP contribution in [0.2, 0.25) is 0 Å². The molecule has 2 aliphatic rings. The van der Waals surface area contributed by atoms with Gasteiger partial charge in [0.1, 0.15) is 17.6 Å². The van der Waals surface area contributed by atoms with Crippen LogP contribution >= 0.6 is 0 Å². The van der Waals surface area contributed by atoms with Crippen LogP contribution in [0.1, 0.15) is 64.7 Å². The predicted molar refractivity (Wildman–Crippen MR) is 184 cm³/mol. The Morgan fingerprint density at radius 3 is 2.63 bits per heavy atom. The summed E-state index contributed by atoms with van der Waals surface area (Å²) in [6, 6.07) is 13.7. The molecule has 2 heterocycles. The number of phenols is 1. The number of hydrogen-bond donors (Lipinski definition) is 3. The van der Waals surface area contributed by atoms with Gasteiger partial charge >= 0.3 is 0 Å². The minimum Gasteiger partial charge on any atom is -0.505 e. The molecule has 15 heteroatoms. The molecule has 1 atom stereocenters. The summed E-state index contributed by atoms with van der Waals surface area (Å²) in [6.07, 6.45) is 2.71. The maximum Gasteiger partial charge on any atom is 0.254 e.